The van der Waals surface area contributed by atoms with Crippen LogP contribution in [0.2, 0.25) is 0 Å². The van der Waals surface area contributed by atoms with Crippen molar-refractivity contribution in [1.82, 2.24) is 0 Å². The first-order valence-electron chi connectivity index (χ1n) is 5.86. The molecule has 0 fully saturated rings. The van der Waals surface area contributed by atoms with Crippen LogP contribution in [-0.2, 0) is 25.0 Å². The van der Waals surface area contributed by atoms with Crippen molar-refractivity contribution >= 4 is 13.4 Å². The summed E-state index contributed by atoms with van der Waals surface area (Å²) in [7, 11) is 1.10. The molecule has 0 amide bonds. The molecule has 1 aromatic carbocycles. The molecule has 0 unspecified atom stereocenters. The molecule has 19 heavy (non-hydrogen) atoms. The standard InChI is InChI=1S/C13H19O5P/c1-16-10-11-5-4-6-12(9-11)13(14)7-8-19(15,17-2)18-3/h4-6,9H,7-8,10H2,1-3H3. The van der Waals surface area contributed by atoms with Gasteiger partial charge >= 0.3 is 7.60 Å². The van der Waals surface area contributed by atoms with Crippen LogP contribution in [0.5, 0.6) is 0 Å². The Bertz CT molecular complexity index is 464. The fourth-order valence-electron chi connectivity index (χ4n) is 1.64. The van der Waals surface area contributed by atoms with Crippen LogP contribution >= 0.6 is 7.60 Å². The summed E-state index contributed by atoms with van der Waals surface area (Å²) >= 11 is 0. The van der Waals surface area contributed by atoms with Crippen LogP contribution in [0.4, 0.5) is 0 Å². The molecule has 5 nitrogen and oxygen atoms in total. The van der Waals surface area contributed by atoms with E-state index >= 15 is 0 Å². The van der Waals surface area contributed by atoms with Crippen molar-refractivity contribution in [1.29, 1.82) is 0 Å². The number of hydrogen-bond acceptors (Lipinski definition) is 5. The van der Waals surface area contributed by atoms with Crippen molar-refractivity contribution in [3.8, 4) is 0 Å². The van der Waals surface area contributed by atoms with Crippen LogP contribution in [-0.4, -0.2) is 33.3 Å². The van der Waals surface area contributed by atoms with Gasteiger partial charge in [-0.05, 0) is 11.6 Å². The number of carbonyl (C=O) groups excluding carboxylic acids is 1. The maximum Gasteiger partial charge on any atom is 0.330 e. The maximum absolute atomic E-state index is 12.0. The summed E-state index contributed by atoms with van der Waals surface area (Å²) in [6.45, 7) is 0.454. The van der Waals surface area contributed by atoms with Crippen molar-refractivity contribution in [2.75, 3.05) is 27.5 Å². The molecule has 0 N–H and O–H groups in total. The predicted molar refractivity (Wildman–Crippen MR) is 72.6 cm³/mol. The molecule has 0 atom stereocenters. The van der Waals surface area contributed by atoms with Gasteiger partial charge in [-0.1, -0.05) is 18.2 Å². The van der Waals surface area contributed by atoms with Crippen LogP contribution in [0.1, 0.15) is 22.3 Å². The lowest BCUT2D eigenvalue weighted by Crippen LogP contribution is -2.05. The zero-order valence-electron chi connectivity index (χ0n) is 11.4. The first-order chi connectivity index (χ1) is 9.04. The largest absolute Gasteiger partial charge is 0.380 e. The van der Waals surface area contributed by atoms with Gasteiger partial charge in [0.1, 0.15) is 0 Å². The van der Waals surface area contributed by atoms with Gasteiger partial charge in [-0.25, -0.2) is 0 Å². The van der Waals surface area contributed by atoms with E-state index in [0.29, 0.717) is 12.2 Å². The number of rotatable bonds is 8. The monoisotopic (exact) mass is 286 g/mol. The first kappa shape index (κ1) is 16.1. The summed E-state index contributed by atoms with van der Waals surface area (Å²) in [5, 5.41) is 0. The molecular weight excluding hydrogens is 267 g/mol. The maximum atomic E-state index is 12.0. The van der Waals surface area contributed by atoms with Crippen molar-refractivity contribution in [2.24, 2.45) is 0 Å². The topological polar surface area (TPSA) is 61.8 Å². The minimum Gasteiger partial charge on any atom is -0.380 e. The van der Waals surface area contributed by atoms with E-state index in [0.717, 1.165) is 5.56 Å². The summed E-state index contributed by atoms with van der Waals surface area (Å²) in [5.74, 6) is -0.0905. The van der Waals surface area contributed by atoms with Gasteiger partial charge in [-0.2, -0.15) is 0 Å². The SMILES string of the molecule is COCc1cccc(C(=O)CCP(=O)(OC)OC)c1. The molecule has 0 aliphatic heterocycles. The molecule has 0 aliphatic rings. The third-order valence-electron chi connectivity index (χ3n) is 2.73. The fraction of sp³-hybridized carbons (Fsp3) is 0.462. The molecule has 1 rings (SSSR count). The Morgan fingerprint density at radius 1 is 1.21 bits per heavy atom. The molecule has 0 saturated heterocycles. The van der Waals surface area contributed by atoms with E-state index in [4.69, 9.17) is 13.8 Å². The van der Waals surface area contributed by atoms with Gasteiger partial charge in [-0.3, -0.25) is 9.36 Å². The van der Waals surface area contributed by atoms with Crippen LogP contribution < -0.4 is 0 Å². The number of ketones is 1. The molecule has 0 aliphatic carbocycles. The highest BCUT2D eigenvalue weighted by Gasteiger charge is 2.22. The molecular formula is C13H19O5P. The highest BCUT2D eigenvalue weighted by Crippen LogP contribution is 2.46. The Balaban J connectivity index is 2.68. The second-order valence-corrected chi connectivity index (χ2v) is 6.41. The van der Waals surface area contributed by atoms with Crippen molar-refractivity contribution in [3.05, 3.63) is 35.4 Å². The number of hydrogen-bond donors (Lipinski definition) is 0. The van der Waals surface area contributed by atoms with Gasteiger partial charge in [0.05, 0.1) is 12.8 Å². The first-order valence-corrected chi connectivity index (χ1v) is 7.59. The number of benzene rings is 1. The number of Topliss-reactive ketones (excluding diaryl/α,β-unsaturated/α-hetero) is 1. The average molecular weight is 286 g/mol. The molecule has 0 saturated carbocycles. The molecule has 1 aromatic rings. The summed E-state index contributed by atoms with van der Waals surface area (Å²) in [4.78, 5) is 12.0. The lowest BCUT2D eigenvalue weighted by Gasteiger charge is -2.12. The normalized spacial score (nSPS) is 11.5. The van der Waals surface area contributed by atoms with Gasteiger partial charge in [-0.15, -0.1) is 0 Å². The third kappa shape index (κ3) is 4.88. The van der Waals surface area contributed by atoms with Gasteiger partial charge in [0.25, 0.3) is 0 Å². The Morgan fingerprint density at radius 3 is 2.47 bits per heavy atom. The smallest absolute Gasteiger partial charge is 0.330 e. The van der Waals surface area contributed by atoms with E-state index in [9.17, 15) is 9.36 Å². The molecule has 6 heteroatoms. The van der Waals surface area contributed by atoms with Gasteiger partial charge in [0.2, 0.25) is 0 Å². The van der Waals surface area contributed by atoms with E-state index in [-0.39, 0.29) is 18.4 Å². The number of carbonyl (C=O) groups is 1. The minimum absolute atomic E-state index is 0.0767. The summed E-state index contributed by atoms with van der Waals surface area (Å²) in [6, 6.07) is 7.19. The average Bonchev–Trinajstić information content (AvgIpc) is 2.45. The second kappa shape index (κ2) is 7.56. The lowest BCUT2D eigenvalue weighted by molar-refractivity contribution is 0.0985. The Kier molecular flexibility index (Phi) is 6.38. The molecule has 0 spiro atoms. The zero-order chi connectivity index (χ0) is 14.3. The fourth-order valence-corrected chi connectivity index (χ4v) is 2.63. The Morgan fingerprint density at radius 2 is 1.89 bits per heavy atom. The Labute approximate surface area is 113 Å². The van der Waals surface area contributed by atoms with Crippen LogP contribution in [0.25, 0.3) is 0 Å². The van der Waals surface area contributed by atoms with Crippen molar-refractivity contribution in [2.45, 2.75) is 13.0 Å². The van der Waals surface area contributed by atoms with E-state index in [1.807, 2.05) is 6.07 Å². The van der Waals surface area contributed by atoms with Crippen LogP contribution in [0.3, 0.4) is 0 Å². The number of methoxy groups -OCH3 is 1. The molecule has 0 radical (unpaired) electrons. The molecule has 106 valence electrons. The molecule has 0 heterocycles. The predicted octanol–water partition coefficient (Wildman–Crippen LogP) is 2.89. The lowest BCUT2D eigenvalue weighted by atomic mass is 10.1. The van der Waals surface area contributed by atoms with Gasteiger partial charge < -0.3 is 13.8 Å². The van der Waals surface area contributed by atoms with Crippen molar-refractivity contribution < 1.29 is 23.1 Å². The highest BCUT2D eigenvalue weighted by atomic mass is 31.2. The highest BCUT2D eigenvalue weighted by molar-refractivity contribution is 7.53. The van der Waals surface area contributed by atoms with E-state index in [1.165, 1.54) is 14.2 Å². The summed E-state index contributed by atoms with van der Waals surface area (Å²) < 4.78 is 26.4. The summed E-state index contributed by atoms with van der Waals surface area (Å²) in [6.07, 6.45) is 0.197. The van der Waals surface area contributed by atoms with E-state index in [1.54, 1.807) is 25.3 Å². The van der Waals surface area contributed by atoms with Crippen LogP contribution in [0.15, 0.2) is 24.3 Å². The Hall–Kier alpha value is -1.00. The number of ether oxygens (including phenoxy) is 1. The van der Waals surface area contributed by atoms with Gasteiger partial charge in [0.15, 0.2) is 5.78 Å². The third-order valence-corrected chi connectivity index (χ3v) is 4.61. The zero-order valence-corrected chi connectivity index (χ0v) is 12.3. The molecule has 0 aromatic heterocycles. The quantitative estimate of drug-likeness (QED) is 0.543. The summed E-state index contributed by atoms with van der Waals surface area (Å²) in [5.41, 5.74) is 1.50. The van der Waals surface area contributed by atoms with Crippen LogP contribution in [0, 0.1) is 0 Å². The molecule has 0 bridgehead atoms. The van der Waals surface area contributed by atoms with Crippen molar-refractivity contribution in [3.63, 3.8) is 0 Å². The van der Waals surface area contributed by atoms with E-state index in [2.05, 4.69) is 0 Å². The minimum atomic E-state index is -3.13. The second-order valence-electron chi connectivity index (χ2n) is 4.01. The van der Waals surface area contributed by atoms with Gasteiger partial charge in [0, 0.05) is 33.3 Å². The van der Waals surface area contributed by atoms with E-state index < -0.39 is 7.60 Å².